The summed E-state index contributed by atoms with van der Waals surface area (Å²) in [5, 5.41) is 12.8. The van der Waals surface area contributed by atoms with Gasteiger partial charge in [0.15, 0.2) is 0 Å². The standard InChI is InChI=1S/C21H14Cl3N3O/c22-14-5-6-15(18(24)9-14)16-7-8-27(19-4-2-1-3-17(19)23)20(16)21(28)13-10-25-12-26-11-13/h1-12,21,28H. The highest BCUT2D eigenvalue weighted by Gasteiger charge is 2.23. The summed E-state index contributed by atoms with van der Waals surface area (Å²) in [4.78, 5) is 8.03. The number of aromatic nitrogens is 3. The van der Waals surface area contributed by atoms with Crippen molar-refractivity contribution >= 4 is 34.8 Å². The summed E-state index contributed by atoms with van der Waals surface area (Å²) in [6, 6.07) is 14.6. The van der Waals surface area contributed by atoms with Crippen molar-refractivity contribution in [3.8, 4) is 16.8 Å². The Kier molecular flexibility index (Phi) is 5.38. The second-order valence-corrected chi connectivity index (χ2v) is 7.39. The minimum absolute atomic E-state index is 0.488. The van der Waals surface area contributed by atoms with E-state index in [1.165, 1.54) is 6.33 Å². The largest absolute Gasteiger partial charge is 0.382 e. The fourth-order valence-corrected chi connectivity index (χ4v) is 3.86. The second-order valence-electron chi connectivity index (χ2n) is 6.13. The molecule has 0 aliphatic rings. The van der Waals surface area contributed by atoms with Crippen LogP contribution < -0.4 is 0 Å². The normalized spacial score (nSPS) is 12.1. The van der Waals surface area contributed by atoms with Crippen molar-refractivity contribution in [2.75, 3.05) is 0 Å². The monoisotopic (exact) mass is 429 g/mol. The maximum atomic E-state index is 11.2. The Balaban J connectivity index is 1.96. The fraction of sp³-hybridized carbons (Fsp3) is 0.0476. The summed E-state index contributed by atoms with van der Waals surface area (Å²) in [7, 11) is 0. The van der Waals surface area contributed by atoms with Crippen LogP contribution >= 0.6 is 34.8 Å². The second kappa shape index (κ2) is 7.94. The van der Waals surface area contributed by atoms with E-state index in [0.717, 1.165) is 16.8 Å². The van der Waals surface area contributed by atoms with Gasteiger partial charge < -0.3 is 9.67 Å². The van der Waals surface area contributed by atoms with Gasteiger partial charge >= 0.3 is 0 Å². The van der Waals surface area contributed by atoms with Gasteiger partial charge in [-0.05, 0) is 30.3 Å². The van der Waals surface area contributed by atoms with Crippen LogP contribution in [0.5, 0.6) is 0 Å². The highest BCUT2D eigenvalue weighted by atomic mass is 35.5. The van der Waals surface area contributed by atoms with Gasteiger partial charge in [0.1, 0.15) is 12.4 Å². The number of halogens is 3. The quantitative estimate of drug-likeness (QED) is 0.433. The molecule has 1 atom stereocenters. The number of benzene rings is 2. The van der Waals surface area contributed by atoms with Crippen molar-refractivity contribution in [2.45, 2.75) is 6.10 Å². The topological polar surface area (TPSA) is 50.9 Å². The molecule has 0 saturated carbocycles. The van der Waals surface area contributed by atoms with Crippen molar-refractivity contribution in [1.82, 2.24) is 14.5 Å². The summed E-state index contributed by atoms with van der Waals surface area (Å²) < 4.78 is 1.85. The molecular weight excluding hydrogens is 417 g/mol. The Labute approximate surface area is 177 Å². The minimum Gasteiger partial charge on any atom is -0.382 e. The highest BCUT2D eigenvalue weighted by molar-refractivity contribution is 6.36. The molecule has 7 heteroatoms. The molecule has 2 heterocycles. The number of rotatable bonds is 4. The summed E-state index contributed by atoms with van der Waals surface area (Å²) in [5.41, 5.74) is 3.42. The van der Waals surface area contributed by atoms with Gasteiger partial charge in [-0.2, -0.15) is 0 Å². The molecule has 0 saturated heterocycles. The number of aliphatic hydroxyl groups excluding tert-OH is 1. The summed E-state index contributed by atoms with van der Waals surface area (Å²) in [6.45, 7) is 0. The molecule has 4 aromatic rings. The summed E-state index contributed by atoms with van der Waals surface area (Å²) in [6.07, 6.45) is 5.43. The van der Waals surface area contributed by atoms with Crippen molar-refractivity contribution in [2.24, 2.45) is 0 Å². The van der Waals surface area contributed by atoms with Gasteiger partial charge in [0.05, 0.1) is 16.4 Å². The molecule has 2 aromatic heterocycles. The van der Waals surface area contributed by atoms with Crippen molar-refractivity contribution in [1.29, 1.82) is 0 Å². The Morgan fingerprint density at radius 3 is 2.32 bits per heavy atom. The van der Waals surface area contributed by atoms with Crippen LogP contribution in [0.1, 0.15) is 17.4 Å². The Bertz CT molecular complexity index is 1130. The third-order valence-corrected chi connectivity index (χ3v) is 5.28. The molecule has 4 nitrogen and oxygen atoms in total. The van der Waals surface area contributed by atoms with Crippen molar-refractivity contribution < 1.29 is 5.11 Å². The Hall–Kier alpha value is -2.37. The van der Waals surface area contributed by atoms with E-state index < -0.39 is 6.10 Å². The predicted molar refractivity (Wildman–Crippen MR) is 112 cm³/mol. The van der Waals surface area contributed by atoms with E-state index in [1.807, 2.05) is 41.1 Å². The number of para-hydroxylation sites is 1. The van der Waals surface area contributed by atoms with Gasteiger partial charge in [-0.3, -0.25) is 0 Å². The molecule has 0 amide bonds. The third kappa shape index (κ3) is 3.52. The SMILES string of the molecule is OC(c1cncnc1)c1c(-c2ccc(Cl)cc2Cl)ccn1-c1ccccc1Cl. The number of nitrogens with zero attached hydrogens (tertiary/aromatic N) is 3. The molecule has 0 radical (unpaired) electrons. The molecule has 1 unspecified atom stereocenters. The lowest BCUT2D eigenvalue weighted by atomic mass is 10.00. The van der Waals surface area contributed by atoms with Crippen molar-refractivity contribution in [3.63, 3.8) is 0 Å². The zero-order valence-electron chi connectivity index (χ0n) is 14.4. The first-order chi connectivity index (χ1) is 13.6. The minimum atomic E-state index is -0.991. The zero-order chi connectivity index (χ0) is 19.7. The molecule has 1 N–H and O–H groups in total. The molecule has 0 aliphatic heterocycles. The lowest BCUT2D eigenvalue weighted by Gasteiger charge is -2.18. The first-order valence-corrected chi connectivity index (χ1v) is 9.54. The van der Waals surface area contributed by atoms with E-state index in [4.69, 9.17) is 34.8 Å². The smallest absolute Gasteiger partial charge is 0.123 e. The van der Waals surface area contributed by atoms with Gasteiger partial charge in [-0.1, -0.05) is 53.0 Å². The summed E-state index contributed by atoms with van der Waals surface area (Å²) >= 11 is 18.9. The first kappa shape index (κ1) is 19.0. The van der Waals surface area contributed by atoms with Gasteiger partial charge in [0.2, 0.25) is 0 Å². The molecule has 0 aliphatic carbocycles. The molecule has 140 valence electrons. The number of hydrogen-bond donors (Lipinski definition) is 1. The lowest BCUT2D eigenvalue weighted by Crippen LogP contribution is -2.09. The van der Waals surface area contributed by atoms with Gasteiger partial charge in [-0.25, -0.2) is 9.97 Å². The Morgan fingerprint density at radius 2 is 1.61 bits per heavy atom. The van der Waals surface area contributed by atoms with Crippen LogP contribution in [-0.4, -0.2) is 19.6 Å². The van der Waals surface area contributed by atoms with Crippen LogP contribution in [0.25, 0.3) is 16.8 Å². The van der Waals surface area contributed by atoms with E-state index in [-0.39, 0.29) is 0 Å². The molecule has 2 aromatic carbocycles. The van der Waals surface area contributed by atoms with E-state index in [9.17, 15) is 5.11 Å². The number of hydrogen-bond acceptors (Lipinski definition) is 3. The van der Waals surface area contributed by atoms with Crippen molar-refractivity contribution in [3.05, 3.63) is 99.8 Å². The maximum absolute atomic E-state index is 11.2. The predicted octanol–water partition coefficient (Wildman–Crippen LogP) is 5.98. The van der Waals surface area contributed by atoms with Gasteiger partial charge in [0, 0.05) is 45.3 Å². The van der Waals surface area contributed by atoms with E-state index in [0.29, 0.717) is 26.3 Å². The molecule has 0 bridgehead atoms. The highest BCUT2D eigenvalue weighted by Crippen LogP contribution is 2.39. The van der Waals surface area contributed by atoms with Crippen LogP contribution in [0.15, 0.2) is 73.4 Å². The van der Waals surface area contributed by atoms with Gasteiger partial charge in [-0.15, -0.1) is 0 Å². The molecule has 0 spiro atoms. The molecule has 0 fully saturated rings. The van der Waals surface area contributed by atoms with E-state index in [1.54, 1.807) is 30.6 Å². The average molecular weight is 431 g/mol. The van der Waals surface area contributed by atoms with Crippen LogP contribution in [0.3, 0.4) is 0 Å². The number of aliphatic hydroxyl groups is 1. The lowest BCUT2D eigenvalue weighted by molar-refractivity contribution is 0.213. The van der Waals surface area contributed by atoms with E-state index in [2.05, 4.69) is 9.97 Å². The van der Waals surface area contributed by atoms with Crippen LogP contribution in [0, 0.1) is 0 Å². The van der Waals surface area contributed by atoms with Gasteiger partial charge in [0.25, 0.3) is 0 Å². The average Bonchev–Trinajstić information content (AvgIpc) is 3.13. The maximum Gasteiger partial charge on any atom is 0.123 e. The molecular formula is C21H14Cl3N3O. The zero-order valence-corrected chi connectivity index (χ0v) is 16.7. The van der Waals surface area contributed by atoms with E-state index >= 15 is 0 Å². The van der Waals surface area contributed by atoms with Crippen LogP contribution in [0.4, 0.5) is 0 Å². The fourth-order valence-electron chi connectivity index (χ4n) is 3.13. The van der Waals surface area contributed by atoms with Crippen LogP contribution in [-0.2, 0) is 0 Å². The first-order valence-electron chi connectivity index (χ1n) is 8.41. The molecule has 4 rings (SSSR count). The Morgan fingerprint density at radius 1 is 0.857 bits per heavy atom. The molecule has 28 heavy (non-hydrogen) atoms. The van der Waals surface area contributed by atoms with Crippen LogP contribution in [0.2, 0.25) is 15.1 Å². The summed E-state index contributed by atoms with van der Waals surface area (Å²) in [5.74, 6) is 0. The third-order valence-electron chi connectivity index (χ3n) is 4.41.